The van der Waals surface area contributed by atoms with Gasteiger partial charge in [0.05, 0.1) is 34.9 Å². The highest BCUT2D eigenvalue weighted by molar-refractivity contribution is 7.91. The zero-order chi connectivity index (χ0) is 23.6. The standard InChI is InChI=1S/C24H33N3O4S2/c1-4-33(29,30)19-10-8-17(9-11-19)13-21(28)25-24-26-22-20(32-24)15-27(23(22)16(2)3)14-18-7-5-6-12-31-18/h8-11,16,18,23H,4-7,12-15H2,1-3H3,(H,25,26,28)/t18-,23-/m0/s1. The van der Waals surface area contributed by atoms with Gasteiger partial charge >= 0.3 is 0 Å². The minimum atomic E-state index is -3.24. The van der Waals surface area contributed by atoms with Crippen LogP contribution in [0.3, 0.4) is 0 Å². The maximum atomic E-state index is 12.6. The number of anilines is 1. The number of benzene rings is 1. The van der Waals surface area contributed by atoms with E-state index < -0.39 is 9.84 Å². The number of fused-ring (bicyclic) bond motifs is 1. The molecule has 0 radical (unpaired) electrons. The third-order valence-electron chi connectivity index (χ3n) is 6.36. The summed E-state index contributed by atoms with van der Waals surface area (Å²) in [5, 5.41) is 3.57. The van der Waals surface area contributed by atoms with E-state index in [0.29, 0.717) is 17.2 Å². The molecule has 0 aliphatic carbocycles. The van der Waals surface area contributed by atoms with Gasteiger partial charge in [0.1, 0.15) is 0 Å². The van der Waals surface area contributed by atoms with E-state index in [4.69, 9.17) is 9.72 Å². The van der Waals surface area contributed by atoms with Crippen LogP contribution in [0.5, 0.6) is 0 Å². The van der Waals surface area contributed by atoms with Crippen LogP contribution in [0.4, 0.5) is 5.13 Å². The summed E-state index contributed by atoms with van der Waals surface area (Å²) in [7, 11) is -3.24. The third kappa shape index (κ3) is 5.65. The Labute approximate surface area is 200 Å². The number of sulfone groups is 1. The van der Waals surface area contributed by atoms with Gasteiger partial charge in [-0.15, -0.1) is 11.3 Å². The Bertz CT molecular complexity index is 1070. The fourth-order valence-electron chi connectivity index (χ4n) is 4.68. The van der Waals surface area contributed by atoms with Gasteiger partial charge in [-0.2, -0.15) is 0 Å². The highest BCUT2D eigenvalue weighted by atomic mass is 32.2. The Morgan fingerprint density at radius 3 is 2.67 bits per heavy atom. The van der Waals surface area contributed by atoms with Crippen molar-refractivity contribution in [2.75, 3.05) is 24.2 Å². The first-order valence-electron chi connectivity index (χ1n) is 11.7. The number of aromatic nitrogens is 1. The molecule has 0 saturated carbocycles. The Kier molecular flexibility index (Phi) is 7.53. The summed E-state index contributed by atoms with van der Waals surface area (Å²) in [5.74, 6) is 0.324. The van der Waals surface area contributed by atoms with Gasteiger partial charge in [0.2, 0.25) is 5.91 Å². The zero-order valence-electron chi connectivity index (χ0n) is 19.5. The summed E-state index contributed by atoms with van der Waals surface area (Å²) < 4.78 is 29.9. The number of nitrogens with zero attached hydrogens (tertiary/aromatic N) is 2. The number of ether oxygens (including phenoxy) is 1. The van der Waals surface area contributed by atoms with Crippen molar-refractivity contribution in [3.05, 3.63) is 40.4 Å². The highest BCUT2D eigenvalue weighted by Crippen LogP contribution is 2.42. The summed E-state index contributed by atoms with van der Waals surface area (Å²) in [6.07, 6.45) is 3.99. The summed E-state index contributed by atoms with van der Waals surface area (Å²) in [4.78, 5) is 21.4. The molecule has 2 aromatic rings. The van der Waals surface area contributed by atoms with E-state index in [0.717, 1.165) is 43.8 Å². The van der Waals surface area contributed by atoms with Crippen LogP contribution in [0.25, 0.3) is 0 Å². The molecule has 1 saturated heterocycles. The van der Waals surface area contributed by atoms with E-state index in [1.807, 2.05) is 0 Å². The van der Waals surface area contributed by atoms with Crippen LogP contribution >= 0.6 is 11.3 Å². The predicted molar refractivity (Wildman–Crippen MR) is 130 cm³/mol. The first-order chi connectivity index (χ1) is 15.8. The Morgan fingerprint density at radius 2 is 2.03 bits per heavy atom. The second-order valence-electron chi connectivity index (χ2n) is 9.21. The van der Waals surface area contributed by atoms with Crippen LogP contribution in [0.1, 0.15) is 62.2 Å². The number of carbonyl (C=O) groups is 1. The number of amides is 1. The molecule has 2 aliphatic heterocycles. The molecule has 3 heterocycles. The molecule has 0 bridgehead atoms. The van der Waals surface area contributed by atoms with E-state index >= 15 is 0 Å². The molecule has 180 valence electrons. The molecule has 1 aromatic carbocycles. The Balaban J connectivity index is 1.38. The quantitative estimate of drug-likeness (QED) is 0.595. The Morgan fingerprint density at radius 1 is 1.27 bits per heavy atom. The van der Waals surface area contributed by atoms with Crippen LogP contribution in [-0.2, 0) is 32.3 Å². The second-order valence-corrected chi connectivity index (χ2v) is 12.6. The summed E-state index contributed by atoms with van der Waals surface area (Å²) in [6.45, 7) is 8.69. The van der Waals surface area contributed by atoms with Crippen molar-refractivity contribution >= 4 is 32.2 Å². The van der Waals surface area contributed by atoms with Crippen molar-refractivity contribution in [2.24, 2.45) is 5.92 Å². The molecule has 33 heavy (non-hydrogen) atoms. The van der Waals surface area contributed by atoms with Crippen LogP contribution in [0, 0.1) is 5.92 Å². The predicted octanol–water partition coefficient (Wildman–Crippen LogP) is 4.20. The zero-order valence-corrected chi connectivity index (χ0v) is 21.2. The van der Waals surface area contributed by atoms with Crippen LogP contribution in [-0.4, -0.2) is 49.2 Å². The molecule has 2 atom stereocenters. The van der Waals surface area contributed by atoms with Crippen molar-refractivity contribution in [1.29, 1.82) is 0 Å². The lowest BCUT2D eigenvalue weighted by atomic mass is 10.0. The summed E-state index contributed by atoms with van der Waals surface area (Å²) in [5.41, 5.74) is 1.85. The monoisotopic (exact) mass is 491 g/mol. The number of carbonyl (C=O) groups excluding carboxylic acids is 1. The first kappa shape index (κ1) is 24.3. The number of nitrogens with one attached hydrogen (secondary N) is 1. The minimum Gasteiger partial charge on any atom is -0.377 e. The number of hydrogen-bond acceptors (Lipinski definition) is 7. The van der Waals surface area contributed by atoms with Crippen molar-refractivity contribution < 1.29 is 17.9 Å². The van der Waals surface area contributed by atoms with E-state index in [2.05, 4.69) is 24.1 Å². The molecule has 4 rings (SSSR count). The van der Waals surface area contributed by atoms with Crippen LogP contribution < -0.4 is 5.32 Å². The average molecular weight is 492 g/mol. The highest BCUT2D eigenvalue weighted by Gasteiger charge is 2.37. The molecule has 0 spiro atoms. The maximum absolute atomic E-state index is 12.6. The molecule has 0 unspecified atom stereocenters. The van der Waals surface area contributed by atoms with Gasteiger partial charge in [-0.1, -0.05) is 32.9 Å². The fraction of sp³-hybridized carbons (Fsp3) is 0.583. The van der Waals surface area contributed by atoms with Crippen molar-refractivity contribution in [3.63, 3.8) is 0 Å². The van der Waals surface area contributed by atoms with Crippen molar-refractivity contribution in [1.82, 2.24) is 9.88 Å². The largest absolute Gasteiger partial charge is 0.377 e. The van der Waals surface area contributed by atoms with Gasteiger partial charge in [-0.05, 0) is 42.9 Å². The smallest absolute Gasteiger partial charge is 0.230 e. The van der Waals surface area contributed by atoms with Gasteiger partial charge in [0.25, 0.3) is 0 Å². The number of hydrogen-bond donors (Lipinski definition) is 1. The second kappa shape index (κ2) is 10.2. The summed E-state index contributed by atoms with van der Waals surface area (Å²) in [6, 6.07) is 6.77. The molecule has 1 amide bonds. The van der Waals surface area contributed by atoms with E-state index in [9.17, 15) is 13.2 Å². The number of rotatable bonds is 8. The van der Waals surface area contributed by atoms with E-state index in [-0.39, 0.29) is 29.0 Å². The van der Waals surface area contributed by atoms with E-state index in [1.54, 1.807) is 42.5 Å². The molecule has 9 heteroatoms. The molecular formula is C24H33N3O4S2. The first-order valence-corrected chi connectivity index (χ1v) is 14.2. The van der Waals surface area contributed by atoms with Gasteiger partial charge in [-0.25, -0.2) is 13.4 Å². The lowest BCUT2D eigenvalue weighted by Gasteiger charge is -2.32. The van der Waals surface area contributed by atoms with Gasteiger partial charge < -0.3 is 10.1 Å². The van der Waals surface area contributed by atoms with Crippen molar-refractivity contribution in [2.45, 2.75) is 70.0 Å². The van der Waals surface area contributed by atoms with Crippen LogP contribution in [0.2, 0.25) is 0 Å². The molecule has 2 aliphatic rings. The SMILES string of the molecule is CCS(=O)(=O)c1ccc(CC(=O)Nc2nc3c(s2)CN(C[C@@H]2CCCCO2)[C@H]3C(C)C)cc1. The lowest BCUT2D eigenvalue weighted by molar-refractivity contribution is -0.115. The topological polar surface area (TPSA) is 88.6 Å². The molecule has 1 aromatic heterocycles. The van der Waals surface area contributed by atoms with Gasteiger partial charge in [0.15, 0.2) is 15.0 Å². The van der Waals surface area contributed by atoms with Gasteiger partial charge in [-0.3, -0.25) is 9.69 Å². The third-order valence-corrected chi connectivity index (χ3v) is 9.09. The fourth-order valence-corrected chi connectivity index (χ4v) is 6.60. The lowest BCUT2D eigenvalue weighted by Crippen LogP contribution is -2.36. The van der Waals surface area contributed by atoms with Crippen molar-refractivity contribution in [3.8, 4) is 0 Å². The summed E-state index contributed by atoms with van der Waals surface area (Å²) >= 11 is 1.55. The molecule has 1 N–H and O–H groups in total. The average Bonchev–Trinajstić information content (AvgIpc) is 3.31. The van der Waals surface area contributed by atoms with E-state index in [1.165, 1.54) is 11.3 Å². The van der Waals surface area contributed by atoms with Crippen LogP contribution in [0.15, 0.2) is 29.2 Å². The molecular weight excluding hydrogens is 458 g/mol. The normalized spacial score (nSPS) is 21.3. The molecule has 7 nitrogen and oxygen atoms in total. The Hall–Kier alpha value is -1.81. The number of thiazole rings is 1. The maximum Gasteiger partial charge on any atom is 0.230 e. The minimum absolute atomic E-state index is 0.0596. The van der Waals surface area contributed by atoms with Gasteiger partial charge in [0, 0.05) is 24.6 Å². The molecule has 1 fully saturated rings.